The van der Waals surface area contributed by atoms with Gasteiger partial charge >= 0.3 is 0 Å². The average Bonchev–Trinajstić information content (AvgIpc) is 2.67. The normalized spacial score (nSPS) is 10.4. The minimum atomic E-state index is -0.571. The number of nitrogens with two attached hydrogens (primary N) is 1. The van der Waals surface area contributed by atoms with E-state index >= 15 is 0 Å². The number of pyridine rings is 1. The molecule has 2 aromatic rings. The van der Waals surface area contributed by atoms with Crippen LogP contribution in [0.4, 0.5) is 10.7 Å². The third-order valence-electron chi connectivity index (χ3n) is 2.08. The second kappa shape index (κ2) is 4.29. The van der Waals surface area contributed by atoms with Crippen molar-refractivity contribution in [2.45, 2.75) is 6.54 Å². The molecular formula is C8H7N5O3S. The number of anilines is 1. The van der Waals surface area contributed by atoms with Gasteiger partial charge in [-0.05, 0) is 0 Å². The number of nitrogen functional groups attached to an aromatic ring is 1. The zero-order chi connectivity index (χ0) is 12.4. The Hall–Kier alpha value is -2.29. The summed E-state index contributed by atoms with van der Waals surface area (Å²) in [6.45, 7) is 0.0723. The second-order valence-corrected chi connectivity index (χ2v) is 3.98. The number of hydrogen-bond acceptors (Lipinski definition) is 7. The van der Waals surface area contributed by atoms with E-state index in [2.05, 4.69) is 9.59 Å². The summed E-state index contributed by atoms with van der Waals surface area (Å²) in [7, 11) is 0. The van der Waals surface area contributed by atoms with E-state index in [1.807, 2.05) is 0 Å². The highest BCUT2D eigenvalue weighted by atomic mass is 32.1. The third kappa shape index (κ3) is 2.28. The number of rotatable bonds is 3. The molecule has 0 fully saturated rings. The van der Waals surface area contributed by atoms with E-state index in [0.29, 0.717) is 10.7 Å². The van der Waals surface area contributed by atoms with Gasteiger partial charge in [-0.1, -0.05) is 4.49 Å². The molecule has 0 aliphatic carbocycles. The van der Waals surface area contributed by atoms with E-state index < -0.39 is 4.92 Å². The molecule has 88 valence electrons. The Morgan fingerprint density at radius 2 is 2.29 bits per heavy atom. The monoisotopic (exact) mass is 253 g/mol. The van der Waals surface area contributed by atoms with E-state index in [4.69, 9.17) is 5.73 Å². The molecule has 2 N–H and O–H groups in total. The topological polar surface area (TPSA) is 117 Å². The van der Waals surface area contributed by atoms with Gasteiger partial charge in [-0.25, -0.2) is 0 Å². The lowest BCUT2D eigenvalue weighted by atomic mass is 10.4. The van der Waals surface area contributed by atoms with Crippen molar-refractivity contribution in [3.8, 4) is 0 Å². The van der Waals surface area contributed by atoms with Crippen LogP contribution in [0.15, 0.2) is 23.1 Å². The lowest BCUT2D eigenvalue weighted by Crippen LogP contribution is -2.20. The van der Waals surface area contributed by atoms with Crippen LogP contribution in [-0.2, 0) is 6.54 Å². The van der Waals surface area contributed by atoms with E-state index in [1.165, 1.54) is 4.57 Å². The summed E-state index contributed by atoms with van der Waals surface area (Å²) in [4.78, 5) is 21.5. The zero-order valence-electron chi connectivity index (χ0n) is 8.44. The first-order valence-corrected chi connectivity index (χ1v) is 5.27. The van der Waals surface area contributed by atoms with Gasteiger partial charge in [0.05, 0.1) is 17.7 Å². The van der Waals surface area contributed by atoms with Crippen molar-refractivity contribution >= 4 is 22.2 Å². The number of hydrogen-bond donors (Lipinski definition) is 1. The smallest absolute Gasteiger partial charge is 0.285 e. The van der Waals surface area contributed by atoms with Crippen molar-refractivity contribution < 1.29 is 4.92 Å². The van der Waals surface area contributed by atoms with Crippen LogP contribution in [0.2, 0.25) is 0 Å². The highest BCUT2D eigenvalue weighted by molar-refractivity contribution is 7.09. The van der Waals surface area contributed by atoms with Gasteiger partial charge in [0.25, 0.3) is 11.2 Å². The number of nitro groups is 1. The fraction of sp³-hybridized carbons (Fsp3) is 0.125. The molecule has 0 radical (unpaired) electrons. The Kier molecular flexibility index (Phi) is 2.83. The summed E-state index contributed by atoms with van der Waals surface area (Å²) in [6, 6.07) is 2.29. The predicted octanol–water partition coefficient (Wildman–Crippen LogP) is 0.238. The van der Waals surface area contributed by atoms with Crippen molar-refractivity contribution in [1.29, 1.82) is 0 Å². The van der Waals surface area contributed by atoms with Crippen molar-refractivity contribution in [2.24, 2.45) is 0 Å². The fourth-order valence-electron chi connectivity index (χ4n) is 1.24. The van der Waals surface area contributed by atoms with Crippen LogP contribution in [0, 0.1) is 10.1 Å². The maximum absolute atomic E-state index is 11.5. The van der Waals surface area contributed by atoms with Gasteiger partial charge in [0.15, 0.2) is 0 Å². The van der Waals surface area contributed by atoms with Crippen molar-refractivity contribution in [3.05, 3.63) is 44.5 Å². The standard InChI is InChI=1S/C8H7N5O3S/c9-8-6(10-11-17-8)4-12-3-5(13(15)16)1-2-7(12)14/h1-3H,4,9H2. The van der Waals surface area contributed by atoms with E-state index in [1.54, 1.807) is 0 Å². The SMILES string of the molecule is Nc1snnc1Cn1cc([N+](=O)[O-])ccc1=O. The first-order valence-electron chi connectivity index (χ1n) is 4.49. The third-order valence-corrected chi connectivity index (χ3v) is 2.68. The average molecular weight is 253 g/mol. The minimum Gasteiger partial charge on any atom is -0.388 e. The summed E-state index contributed by atoms with van der Waals surface area (Å²) < 4.78 is 4.79. The molecule has 0 aliphatic heterocycles. The molecule has 0 saturated heterocycles. The summed E-state index contributed by atoms with van der Waals surface area (Å²) in [5.41, 5.74) is 5.49. The molecule has 8 nitrogen and oxygen atoms in total. The molecule has 0 unspecified atom stereocenters. The molecule has 2 rings (SSSR count). The zero-order valence-corrected chi connectivity index (χ0v) is 9.25. The highest BCUT2D eigenvalue weighted by Crippen LogP contribution is 2.14. The van der Waals surface area contributed by atoms with Crippen molar-refractivity contribution in [2.75, 3.05) is 5.73 Å². The van der Waals surface area contributed by atoms with Gasteiger partial charge in [0.1, 0.15) is 10.7 Å². The van der Waals surface area contributed by atoms with E-state index in [-0.39, 0.29) is 17.8 Å². The number of aromatic nitrogens is 3. The second-order valence-electron chi connectivity index (χ2n) is 3.19. The molecule has 0 aliphatic rings. The lowest BCUT2D eigenvalue weighted by molar-refractivity contribution is -0.385. The highest BCUT2D eigenvalue weighted by Gasteiger charge is 2.10. The molecule has 0 spiro atoms. The Morgan fingerprint density at radius 3 is 2.88 bits per heavy atom. The van der Waals surface area contributed by atoms with Gasteiger partial charge in [-0.15, -0.1) is 5.10 Å². The Morgan fingerprint density at radius 1 is 1.53 bits per heavy atom. The van der Waals surface area contributed by atoms with Gasteiger partial charge < -0.3 is 10.3 Å². The van der Waals surface area contributed by atoms with Gasteiger partial charge in [-0.3, -0.25) is 14.9 Å². The summed E-state index contributed by atoms with van der Waals surface area (Å²) in [6.07, 6.45) is 1.15. The van der Waals surface area contributed by atoms with Crippen LogP contribution in [0.5, 0.6) is 0 Å². The van der Waals surface area contributed by atoms with Crippen molar-refractivity contribution in [3.63, 3.8) is 0 Å². The first kappa shape index (κ1) is 11.2. The fourth-order valence-corrected chi connectivity index (χ4v) is 1.67. The largest absolute Gasteiger partial charge is 0.388 e. The number of nitrogens with zero attached hydrogens (tertiary/aromatic N) is 4. The maximum atomic E-state index is 11.5. The maximum Gasteiger partial charge on any atom is 0.285 e. The van der Waals surface area contributed by atoms with Crippen LogP contribution >= 0.6 is 11.5 Å². The molecule has 0 aromatic carbocycles. The quantitative estimate of drug-likeness (QED) is 0.618. The molecule has 17 heavy (non-hydrogen) atoms. The van der Waals surface area contributed by atoms with E-state index in [0.717, 1.165) is 29.9 Å². The first-order chi connectivity index (χ1) is 8.08. The molecule has 2 aromatic heterocycles. The Balaban J connectivity index is 2.39. The van der Waals surface area contributed by atoms with Crippen LogP contribution in [0.3, 0.4) is 0 Å². The lowest BCUT2D eigenvalue weighted by Gasteiger charge is -2.02. The van der Waals surface area contributed by atoms with Crippen LogP contribution < -0.4 is 11.3 Å². The van der Waals surface area contributed by atoms with Crippen LogP contribution in [-0.4, -0.2) is 19.1 Å². The van der Waals surface area contributed by atoms with Gasteiger partial charge in [0.2, 0.25) is 0 Å². The van der Waals surface area contributed by atoms with Crippen molar-refractivity contribution in [1.82, 2.24) is 14.2 Å². The molecule has 0 atom stereocenters. The molecule has 9 heteroatoms. The Labute approximate surface area is 98.6 Å². The van der Waals surface area contributed by atoms with E-state index in [9.17, 15) is 14.9 Å². The van der Waals surface area contributed by atoms with Gasteiger partial charge in [-0.2, -0.15) is 0 Å². The molecule has 0 bridgehead atoms. The molecular weight excluding hydrogens is 246 g/mol. The van der Waals surface area contributed by atoms with Gasteiger partial charge in [0, 0.05) is 23.7 Å². The van der Waals surface area contributed by atoms with Crippen LogP contribution in [0.25, 0.3) is 0 Å². The summed E-state index contributed by atoms with van der Waals surface area (Å²) >= 11 is 1.01. The Bertz CT molecular complexity index is 620. The minimum absolute atomic E-state index is 0.0723. The summed E-state index contributed by atoms with van der Waals surface area (Å²) in [5.74, 6) is 0. The predicted molar refractivity (Wildman–Crippen MR) is 60.8 cm³/mol. The molecule has 2 heterocycles. The molecule has 0 amide bonds. The molecule has 0 saturated carbocycles. The van der Waals surface area contributed by atoms with Crippen LogP contribution in [0.1, 0.15) is 5.69 Å². The summed E-state index contributed by atoms with van der Waals surface area (Å²) in [5, 5.41) is 14.7.